The van der Waals surface area contributed by atoms with Gasteiger partial charge in [-0.25, -0.2) is 9.97 Å². The number of aromatic amines is 1. The maximum Gasteiger partial charge on any atom is 0.246 e. The Morgan fingerprint density at radius 1 is 1.42 bits per heavy atom. The predicted octanol–water partition coefficient (Wildman–Crippen LogP) is 1.55. The van der Waals surface area contributed by atoms with Gasteiger partial charge in [-0.1, -0.05) is 12.5 Å². The molecule has 1 amide bonds. The molecule has 2 saturated heterocycles. The number of H-pyrrole nitrogens is 1. The minimum atomic E-state index is -0.000840. The van der Waals surface area contributed by atoms with Gasteiger partial charge in [0, 0.05) is 25.8 Å². The molecule has 0 aliphatic carbocycles. The summed E-state index contributed by atoms with van der Waals surface area (Å²) in [5.74, 6) is 4.16. The van der Waals surface area contributed by atoms with Crippen LogP contribution in [0.15, 0.2) is 25.2 Å². The summed E-state index contributed by atoms with van der Waals surface area (Å²) in [4.78, 5) is 28.1. The van der Waals surface area contributed by atoms with Crippen LogP contribution in [0.3, 0.4) is 0 Å². The Morgan fingerprint density at radius 3 is 3.04 bits per heavy atom. The van der Waals surface area contributed by atoms with E-state index in [-0.39, 0.29) is 11.9 Å². The van der Waals surface area contributed by atoms with Crippen molar-refractivity contribution in [3.63, 3.8) is 0 Å². The van der Waals surface area contributed by atoms with Crippen LogP contribution in [0.4, 0.5) is 5.82 Å². The second-order valence-corrected chi connectivity index (χ2v) is 6.35. The summed E-state index contributed by atoms with van der Waals surface area (Å²) in [6, 6.07) is 0.265. The van der Waals surface area contributed by atoms with E-state index in [1.54, 1.807) is 12.5 Å². The second kappa shape index (κ2) is 5.68. The number of nitrogens with zero attached hydrogens (tertiary/aromatic N) is 4. The highest BCUT2D eigenvalue weighted by molar-refractivity contribution is 5.93. The van der Waals surface area contributed by atoms with Crippen LogP contribution in [0.1, 0.15) is 18.4 Å². The summed E-state index contributed by atoms with van der Waals surface area (Å²) in [6.45, 7) is 6.04. The van der Waals surface area contributed by atoms with Gasteiger partial charge in [-0.3, -0.25) is 4.79 Å². The number of terminal acetylenes is 1. The van der Waals surface area contributed by atoms with E-state index in [1.165, 1.54) is 6.08 Å². The predicted molar refractivity (Wildman–Crippen MR) is 92.5 cm³/mol. The number of piperidine rings is 1. The number of likely N-dealkylation sites (tertiary alicyclic amines) is 1. The average Bonchev–Trinajstić information content (AvgIpc) is 3.24. The molecule has 2 aliphatic heterocycles. The van der Waals surface area contributed by atoms with Gasteiger partial charge < -0.3 is 14.8 Å². The van der Waals surface area contributed by atoms with E-state index in [0.29, 0.717) is 12.5 Å². The maximum absolute atomic E-state index is 12.0. The normalized spacial score (nSPS) is 23.1. The van der Waals surface area contributed by atoms with Gasteiger partial charge in [0.1, 0.15) is 17.8 Å². The lowest BCUT2D eigenvalue weighted by atomic mass is 9.92. The third-order valence-electron chi connectivity index (χ3n) is 5.23. The van der Waals surface area contributed by atoms with Crippen LogP contribution in [-0.2, 0) is 4.79 Å². The Balaban J connectivity index is 1.72. The van der Waals surface area contributed by atoms with Gasteiger partial charge in [-0.2, -0.15) is 0 Å². The molecule has 122 valence electrons. The summed E-state index contributed by atoms with van der Waals surface area (Å²) < 4.78 is 0. The highest BCUT2D eigenvalue weighted by atomic mass is 16.2. The molecule has 24 heavy (non-hydrogen) atoms. The molecule has 2 aromatic heterocycles. The van der Waals surface area contributed by atoms with Crippen LogP contribution in [0.2, 0.25) is 0 Å². The van der Waals surface area contributed by atoms with Crippen LogP contribution in [0, 0.1) is 18.3 Å². The van der Waals surface area contributed by atoms with Crippen LogP contribution in [0.25, 0.3) is 11.0 Å². The molecule has 6 nitrogen and oxygen atoms in total. The van der Waals surface area contributed by atoms with E-state index < -0.39 is 0 Å². The van der Waals surface area contributed by atoms with Gasteiger partial charge in [-0.05, 0) is 24.8 Å². The zero-order chi connectivity index (χ0) is 16.7. The van der Waals surface area contributed by atoms with Crippen molar-refractivity contribution in [3.8, 4) is 12.3 Å². The van der Waals surface area contributed by atoms with E-state index in [0.717, 1.165) is 48.3 Å². The number of amides is 1. The first-order valence-corrected chi connectivity index (χ1v) is 8.19. The van der Waals surface area contributed by atoms with Gasteiger partial charge >= 0.3 is 0 Å². The number of aromatic nitrogens is 3. The Morgan fingerprint density at radius 2 is 2.25 bits per heavy atom. The molecular weight excluding hydrogens is 302 g/mol. The molecule has 0 unspecified atom stereocenters. The van der Waals surface area contributed by atoms with Crippen molar-refractivity contribution in [2.75, 3.05) is 24.5 Å². The number of anilines is 1. The molecule has 2 aromatic rings. The molecule has 4 heterocycles. The van der Waals surface area contributed by atoms with Crippen LogP contribution in [-0.4, -0.2) is 51.4 Å². The van der Waals surface area contributed by atoms with Crippen LogP contribution in [0.5, 0.6) is 0 Å². The largest absolute Gasteiger partial charge is 0.351 e. The topological polar surface area (TPSA) is 65.1 Å². The molecule has 0 radical (unpaired) electrons. The van der Waals surface area contributed by atoms with Gasteiger partial charge in [0.25, 0.3) is 0 Å². The van der Waals surface area contributed by atoms with Crippen molar-refractivity contribution in [2.45, 2.75) is 18.9 Å². The fraction of sp³-hybridized carbons (Fsp3) is 0.389. The summed E-state index contributed by atoms with van der Waals surface area (Å²) >= 11 is 0. The minimum Gasteiger partial charge on any atom is -0.351 e. The first-order valence-electron chi connectivity index (χ1n) is 8.19. The monoisotopic (exact) mass is 321 g/mol. The Kier molecular flexibility index (Phi) is 3.49. The van der Waals surface area contributed by atoms with Gasteiger partial charge in [0.2, 0.25) is 5.91 Å². The molecule has 1 N–H and O–H groups in total. The van der Waals surface area contributed by atoms with E-state index in [1.807, 2.05) is 4.90 Å². The highest BCUT2D eigenvalue weighted by Gasteiger charge is 2.40. The van der Waals surface area contributed by atoms with Crippen molar-refractivity contribution < 1.29 is 4.79 Å². The summed E-state index contributed by atoms with van der Waals surface area (Å²) in [5, 5.41) is 0.896. The van der Waals surface area contributed by atoms with E-state index >= 15 is 0 Å². The number of hydrogen-bond acceptors (Lipinski definition) is 4. The lowest BCUT2D eigenvalue weighted by Crippen LogP contribution is -2.50. The molecule has 4 rings (SSSR count). The molecule has 2 aliphatic rings. The number of rotatable bonds is 2. The molecule has 0 bridgehead atoms. The number of hydrogen-bond donors (Lipinski definition) is 1. The highest BCUT2D eigenvalue weighted by Crippen LogP contribution is 2.37. The quantitative estimate of drug-likeness (QED) is 0.673. The summed E-state index contributed by atoms with van der Waals surface area (Å²) in [7, 11) is 0. The van der Waals surface area contributed by atoms with Gasteiger partial charge in [-0.15, -0.1) is 6.42 Å². The van der Waals surface area contributed by atoms with Crippen molar-refractivity contribution in [3.05, 3.63) is 30.7 Å². The average molecular weight is 321 g/mol. The Hall–Kier alpha value is -2.81. The fourth-order valence-electron chi connectivity index (χ4n) is 4.01. The Bertz CT molecular complexity index is 849. The molecule has 0 spiro atoms. The lowest BCUT2D eigenvalue weighted by Gasteiger charge is -2.38. The SMILES string of the molecule is C#Cc1c[nH]c2ncnc(N3CC[C@@H]4CCN(C(=O)C=C)C[C@@H]43)c12. The van der Waals surface area contributed by atoms with Gasteiger partial charge in [0.15, 0.2) is 0 Å². The smallest absolute Gasteiger partial charge is 0.246 e. The maximum atomic E-state index is 12.0. The molecule has 6 heteroatoms. The van der Waals surface area contributed by atoms with Crippen LogP contribution >= 0.6 is 0 Å². The van der Waals surface area contributed by atoms with Crippen LogP contribution < -0.4 is 4.90 Å². The molecular formula is C18H19N5O. The standard InChI is InChI=1S/C18H19N5O/c1-3-12-9-19-17-16(12)18(21-11-20-17)23-8-6-13-5-7-22(10-14(13)23)15(24)4-2/h1,4,9,11,13-14H,2,5-8,10H2,(H,19,20,21)/t13-,14-/m0/s1. The van der Waals surface area contributed by atoms with E-state index in [4.69, 9.17) is 6.42 Å². The number of nitrogens with one attached hydrogen (secondary N) is 1. The van der Waals surface area contributed by atoms with Crippen molar-refractivity contribution in [2.24, 2.45) is 5.92 Å². The zero-order valence-corrected chi connectivity index (χ0v) is 13.4. The fourth-order valence-corrected chi connectivity index (χ4v) is 4.01. The molecule has 0 aromatic carbocycles. The lowest BCUT2D eigenvalue weighted by molar-refractivity contribution is -0.127. The van der Waals surface area contributed by atoms with Crippen molar-refractivity contribution >= 4 is 22.8 Å². The minimum absolute atomic E-state index is 0.000840. The molecule has 2 fully saturated rings. The van der Waals surface area contributed by atoms with Crippen molar-refractivity contribution in [1.29, 1.82) is 0 Å². The number of fused-ring (bicyclic) bond motifs is 2. The zero-order valence-electron chi connectivity index (χ0n) is 13.4. The molecule has 2 atom stereocenters. The third kappa shape index (κ3) is 2.16. The van der Waals surface area contributed by atoms with E-state index in [2.05, 4.69) is 32.4 Å². The third-order valence-corrected chi connectivity index (χ3v) is 5.23. The Labute approximate surface area is 140 Å². The second-order valence-electron chi connectivity index (χ2n) is 6.35. The summed E-state index contributed by atoms with van der Waals surface area (Å²) in [6.07, 6.45) is 12.5. The molecule has 0 saturated carbocycles. The van der Waals surface area contributed by atoms with E-state index in [9.17, 15) is 4.79 Å². The first kappa shape index (κ1) is 14.8. The summed E-state index contributed by atoms with van der Waals surface area (Å²) in [5.41, 5.74) is 1.53. The van der Waals surface area contributed by atoms with Gasteiger partial charge in [0.05, 0.1) is 17.0 Å². The first-order chi connectivity index (χ1) is 11.7. The number of carbonyl (C=O) groups is 1. The van der Waals surface area contributed by atoms with Crippen molar-refractivity contribution in [1.82, 2.24) is 19.9 Å². The number of carbonyl (C=O) groups excluding carboxylic acids is 1.